The molecule has 0 radical (unpaired) electrons. The minimum atomic E-state index is -0.517. The highest BCUT2D eigenvalue weighted by Gasteiger charge is 2.51. The van der Waals surface area contributed by atoms with E-state index >= 15 is 0 Å². The zero-order chi connectivity index (χ0) is 11.2. The molecule has 0 bridgehead atoms. The van der Waals surface area contributed by atoms with Crippen LogP contribution in [0.25, 0.3) is 0 Å². The van der Waals surface area contributed by atoms with Crippen LogP contribution >= 0.6 is 0 Å². The molecule has 1 fully saturated rings. The second-order valence-corrected chi connectivity index (χ2v) is 4.02. The molecule has 0 aliphatic carbocycles. The number of hydrogen-bond acceptors (Lipinski definition) is 4. The lowest BCUT2D eigenvalue weighted by Crippen LogP contribution is -2.46. The van der Waals surface area contributed by atoms with Gasteiger partial charge in [-0.3, -0.25) is 0 Å². The van der Waals surface area contributed by atoms with E-state index in [4.69, 9.17) is 14.2 Å². The van der Waals surface area contributed by atoms with Gasteiger partial charge >= 0.3 is 5.97 Å². The van der Waals surface area contributed by atoms with Crippen LogP contribution in [-0.4, -0.2) is 25.8 Å². The largest absolute Gasteiger partial charge is 0.494 e. The lowest BCUT2D eigenvalue weighted by Gasteiger charge is -2.36. The molecular formula is C12H12O4. The van der Waals surface area contributed by atoms with E-state index in [1.54, 1.807) is 6.07 Å². The van der Waals surface area contributed by atoms with Crippen molar-refractivity contribution in [3.05, 3.63) is 29.3 Å². The molecule has 4 heteroatoms. The summed E-state index contributed by atoms with van der Waals surface area (Å²) in [5, 5.41) is 0. The molecule has 1 saturated heterocycles. The Labute approximate surface area is 93.1 Å². The summed E-state index contributed by atoms with van der Waals surface area (Å²) in [6.45, 7) is 3.41. The fourth-order valence-corrected chi connectivity index (χ4v) is 2.14. The molecule has 1 spiro atoms. The molecule has 84 valence electrons. The highest BCUT2D eigenvalue weighted by molar-refractivity contribution is 5.95. The van der Waals surface area contributed by atoms with Gasteiger partial charge in [-0.15, -0.1) is 0 Å². The third-order valence-electron chi connectivity index (χ3n) is 2.97. The quantitative estimate of drug-likeness (QED) is 0.708. The van der Waals surface area contributed by atoms with E-state index in [1.165, 1.54) is 0 Å². The fourth-order valence-electron chi connectivity index (χ4n) is 2.14. The zero-order valence-corrected chi connectivity index (χ0v) is 8.99. The van der Waals surface area contributed by atoms with E-state index in [2.05, 4.69) is 0 Å². The maximum absolute atomic E-state index is 11.7. The van der Waals surface area contributed by atoms with Gasteiger partial charge in [0.15, 0.2) is 5.60 Å². The molecule has 0 unspecified atom stereocenters. The molecule has 0 atom stereocenters. The van der Waals surface area contributed by atoms with E-state index in [0.29, 0.717) is 31.1 Å². The smallest absolute Gasteiger partial charge is 0.339 e. The van der Waals surface area contributed by atoms with Crippen LogP contribution in [0, 0.1) is 0 Å². The maximum atomic E-state index is 11.7. The van der Waals surface area contributed by atoms with E-state index < -0.39 is 5.60 Å². The third-order valence-corrected chi connectivity index (χ3v) is 2.97. The summed E-state index contributed by atoms with van der Waals surface area (Å²) < 4.78 is 15.9. The average molecular weight is 220 g/mol. The summed E-state index contributed by atoms with van der Waals surface area (Å²) in [5.74, 6) is 0.426. The minimum Gasteiger partial charge on any atom is -0.494 e. The van der Waals surface area contributed by atoms with Crippen LogP contribution < -0.4 is 4.74 Å². The van der Waals surface area contributed by atoms with Crippen molar-refractivity contribution < 1.29 is 19.0 Å². The van der Waals surface area contributed by atoms with Crippen molar-refractivity contribution in [3.8, 4) is 5.75 Å². The molecule has 2 aliphatic heterocycles. The van der Waals surface area contributed by atoms with Gasteiger partial charge in [-0.25, -0.2) is 4.79 Å². The number of esters is 1. The Hall–Kier alpha value is -1.55. The predicted molar refractivity (Wildman–Crippen MR) is 55.5 cm³/mol. The number of fused-ring (bicyclic) bond motifs is 2. The van der Waals surface area contributed by atoms with Gasteiger partial charge in [-0.2, -0.15) is 0 Å². The van der Waals surface area contributed by atoms with E-state index in [0.717, 1.165) is 5.56 Å². The van der Waals surface area contributed by atoms with Crippen molar-refractivity contribution in [1.29, 1.82) is 0 Å². The standard InChI is InChI=1S/C12H12O4/c1-2-15-8-3-4-10-9(5-8)11(13)16-12(10)6-14-7-12/h3-5H,2,6-7H2,1H3. The summed E-state index contributed by atoms with van der Waals surface area (Å²) in [5.41, 5.74) is 1.01. The van der Waals surface area contributed by atoms with Crippen LogP contribution in [0.1, 0.15) is 22.8 Å². The Bertz CT molecular complexity index is 448. The van der Waals surface area contributed by atoms with Crippen molar-refractivity contribution in [2.45, 2.75) is 12.5 Å². The number of carbonyl (C=O) groups excluding carboxylic acids is 1. The van der Waals surface area contributed by atoms with Gasteiger partial charge in [0.1, 0.15) is 5.75 Å². The number of benzene rings is 1. The number of rotatable bonds is 2. The highest BCUT2D eigenvalue weighted by Crippen LogP contribution is 2.42. The van der Waals surface area contributed by atoms with Crippen molar-refractivity contribution >= 4 is 5.97 Å². The molecular weight excluding hydrogens is 208 g/mol. The molecule has 4 nitrogen and oxygen atoms in total. The first kappa shape index (κ1) is 9.66. The van der Waals surface area contributed by atoms with Crippen LogP contribution in [-0.2, 0) is 15.1 Å². The average Bonchev–Trinajstić information content (AvgIpc) is 2.53. The lowest BCUT2D eigenvalue weighted by molar-refractivity contribution is -0.179. The van der Waals surface area contributed by atoms with Crippen LogP contribution in [0.5, 0.6) is 5.75 Å². The number of ether oxygens (including phenoxy) is 3. The Balaban J connectivity index is 2.03. The number of carbonyl (C=O) groups is 1. The molecule has 1 aromatic carbocycles. The molecule has 2 aliphatic rings. The first-order valence-corrected chi connectivity index (χ1v) is 5.33. The summed E-state index contributed by atoms with van der Waals surface area (Å²) in [7, 11) is 0. The van der Waals surface area contributed by atoms with E-state index in [9.17, 15) is 4.79 Å². The molecule has 0 aromatic heterocycles. The Kier molecular flexibility index (Phi) is 1.94. The SMILES string of the molecule is CCOc1ccc2c(c1)C(=O)OC21COC1. The Morgan fingerprint density at radius 1 is 1.44 bits per heavy atom. The summed E-state index contributed by atoms with van der Waals surface area (Å²) >= 11 is 0. The summed E-state index contributed by atoms with van der Waals surface area (Å²) in [6, 6.07) is 5.51. The highest BCUT2D eigenvalue weighted by atomic mass is 16.6. The molecule has 1 aromatic rings. The second-order valence-electron chi connectivity index (χ2n) is 4.02. The van der Waals surface area contributed by atoms with Gasteiger partial charge in [-0.05, 0) is 19.1 Å². The van der Waals surface area contributed by atoms with Crippen LogP contribution in [0.4, 0.5) is 0 Å². The third kappa shape index (κ3) is 1.16. The molecule has 2 heterocycles. The van der Waals surface area contributed by atoms with Crippen LogP contribution in [0.3, 0.4) is 0 Å². The van der Waals surface area contributed by atoms with Gasteiger partial charge in [0.2, 0.25) is 0 Å². The van der Waals surface area contributed by atoms with Crippen molar-refractivity contribution in [1.82, 2.24) is 0 Å². The first-order valence-electron chi connectivity index (χ1n) is 5.33. The van der Waals surface area contributed by atoms with Crippen molar-refractivity contribution in [2.75, 3.05) is 19.8 Å². The van der Waals surface area contributed by atoms with Gasteiger partial charge < -0.3 is 14.2 Å². The predicted octanol–water partition coefficient (Wildman–Crippen LogP) is 1.48. The zero-order valence-electron chi connectivity index (χ0n) is 8.99. The van der Waals surface area contributed by atoms with Crippen LogP contribution in [0.2, 0.25) is 0 Å². The summed E-state index contributed by atoms with van der Waals surface area (Å²) in [6.07, 6.45) is 0. The van der Waals surface area contributed by atoms with Gasteiger partial charge in [-0.1, -0.05) is 6.07 Å². The van der Waals surface area contributed by atoms with Crippen molar-refractivity contribution in [3.63, 3.8) is 0 Å². The lowest BCUT2D eigenvalue weighted by atomic mass is 9.91. The maximum Gasteiger partial charge on any atom is 0.339 e. The molecule has 3 rings (SSSR count). The van der Waals surface area contributed by atoms with Crippen molar-refractivity contribution in [2.24, 2.45) is 0 Å². The molecule has 0 amide bonds. The fraction of sp³-hybridized carbons (Fsp3) is 0.417. The van der Waals surface area contributed by atoms with Gasteiger partial charge in [0.05, 0.1) is 25.4 Å². The first-order chi connectivity index (χ1) is 7.75. The van der Waals surface area contributed by atoms with Gasteiger partial charge in [0.25, 0.3) is 0 Å². The topological polar surface area (TPSA) is 44.8 Å². The monoisotopic (exact) mass is 220 g/mol. The normalized spacial score (nSPS) is 20.2. The summed E-state index contributed by atoms with van der Waals surface area (Å²) in [4.78, 5) is 11.7. The van der Waals surface area contributed by atoms with E-state index in [1.807, 2.05) is 19.1 Å². The molecule has 16 heavy (non-hydrogen) atoms. The van der Waals surface area contributed by atoms with Gasteiger partial charge in [0, 0.05) is 5.56 Å². The van der Waals surface area contributed by atoms with Crippen LogP contribution in [0.15, 0.2) is 18.2 Å². The Morgan fingerprint density at radius 3 is 2.88 bits per heavy atom. The number of hydrogen-bond donors (Lipinski definition) is 0. The molecule has 0 saturated carbocycles. The minimum absolute atomic E-state index is 0.278. The molecule has 0 N–H and O–H groups in total. The van der Waals surface area contributed by atoms with E-state index in [-0.39, 0.29) is 5.97 Å². The second kappa shape index (κ2) is 3.22. The Morgan fingerprint density at radius 2 is 2.25 bits per heavy atom.